The highest BCUT2D eigenvalue weighted by atomic mass is 16.5. The molecular weight excluding hydrogens is 128 g/mol. The average molecular weight is 142 g/mol. The molecule has 0 bridgehead atoms. The molecule has 1 N–H and O–H groups in total. The Kier molecular flexibility index (Phi) is 6.25. The highest BCUT2D eigenvalue weighted by Gasteiger charge is 2.00. The van der Waals surface area contributed by atoms with E-state index in [0.717, 1.165) is 0 Å². The standard InChI is InChI=1S/C8H14O2/c1-3-5-6-8(9)7-10-4-2/h1,8-9H,4-7H2,2H3. The molecule has 0 aromatic rings. The number of terminal acetylenes is 1. The normalized spacial score (nSPS) is 12.5. The van der Waals surface area contributed by atoms with Gasteiger partial charge in [0.05, 0.1) is 12.7 Å². The number of aliphatic hydroxyl groups excluding tert-OH is 1. The quantitative estimate of drug-likeness (QED) is 0.575. The number of hydrogen-bond donors (Lipinski definition) is 1. The molecular formula is C8H14O2. The van der Waals surface area contributed by atoms with E-state index >= 15 is 0 Å². The number of rotatable bonds is 5. The van der Waals surface area contributed by atoms with Gasteiger partial charge in [-0.25, -0.2) is 0 Å². The van der Waals surface area contributed by atoms with Gasteiger partial charge in [-0.3, -0.25) is 0 Å². The summed E-state index contributed by atoms with van der Waals surface area (Å²) in [5, 5.41) is 9.09. The van der Waals surface area contributed by atoms with Crippen molar-refractivity contribution in [3.8, 4) is 12.3 Å². The SMILES string of the molecule is C#CCCC(O)COCC. The summed E-state index contributed by atoms with van der Waals surface area (Å²) >= 11 is 0. The van der Waals surface area contributed by atoms with Crippen LogP contribution in [0.15, 0.2) is 0 Å². The van der Waals surface area contributed by atoms with Crippen molar-refractivity contribution in [1.29, 1.82) is 0 Å². The minimum absolute atomic E-state index is 0.393. The molecule has 0 aliphatic carbocycles. The molecule has 0 aromatic carbocycles. The summed E-state index contributed by atoms with van der Waals surface area (Å²) in [6, 6.07) is 0. The Labute approximate surface area is 62.2 Å². The zero-order chi connectivity index (χ0) is 7.82. The lowest BCUT2D eigenvalue weighted by Crippen LogP contribution is -2.14. The molecule has 0 saturated heterocycles. The van der Waals surface area contributed by atoms with Gasteiger partial charge in [0.15, 0.2) is 0 Å². The van der Waals surface area contributed by atoms with Crippen molar-refractivity contribution >= 4 is 0 Å². The Hall–Kier alpha value is -0.520. The molecule has 0 aliphatic rings. The van der Waals surface area contributed by atoms with Crippen LogP contribution in [-0.2, 0) is 4.74 Å². The molecule has 58 valence electrons. The van der Waals surface area contributed by atoms with E-state index in [2.05, 4.69) is 5.92 Å². The van der Waals surface area contributed by atoms with Crippen LogP contribution in [0.5, 0.6) is 0 Å². The van der Waals surface area contributed by atoms with Gasteiger partial charge in [0.1, 0.15) is 0 Å². The van der Waals surface area contributed by atoms with Crippen LogP contribution in [0.4, 0.5) is 0 Å². The third-order valence-electron chi connectivity index (χ3n) is 1.14. The van der Waals surface area contributed by atoms with Gasteiger partial charge in [-0.1, -0.05) is 0 Å². The van der Waals surface area contributed by atoms with Crippen LogP contribution in [0.2, 0.25) is 0 Å². The van der Waals surface area contributed by atoms with Gasteiger partial charge in [0, 0.05) is 13.0 Å². The van der Waals surface area contributed by atoms with Gasteiger partial charge >= 0.3 is 0 Å². The second-order valence-electron chi connectivity index (χ2n) is 2.06. The van der Waals surface area contributed by atoms with Crippen LogP contribution in [0, 0.1) is 12.3 Å². The van der Waals surface area contributed by atoms with Crippen molar-refractivity contribution in [2.45, 2.75) is 25.9 Å². The minimum atomic E-state index is -0.393. The zero-order valence-electron chi connectivity index (χ0n) is 6.34. The van der Waals surface area contributed by atoms with Crippen molar-refractivity contribution in [1.82, 2.24) is 0 Å². The summed E-state index contributed by atoms with van der Waals surface area (Å²) in [6.07, 6.45) is 5.87. The molecule has 0 heterocycles. The maximum absolute atomic E-state index is 9.09. The second-order valence-corrected chi connectivity index (χ2v) is 2.06. The molecule has 2 nitrogen and oxygen atoms in total. The van der Waals surface area contributed by atoms with Crippen LogP contribution in [0.1, 0.15) is 19.8 Å². The largest absolute Gasteiger partial charge is 0.391 e. The van der Waals surface area contributed by atoms with E-state index in [-0.39, 0.29) is 0 Å². The van der Waals surface area contributed by atoms with E-state index in [4.69, 9.17) is 16.3 Å². The topological polar surface area (TPSA) is 29.5 Å². The summed E-state index contributed by atoms with van der Waals surface area (Å²) < 4.78 is 4.97. The van der Waals surface area contributed by atoms with E-state index in [9.17, 15) is 0 Å². The minimum Gasteiger partial charge on any atom is -0.391 e. The first kappa shape index (κ1) is 9.48. The van der Waals surface area contributed by atoms with Crippen molar-refractivity contribution < 1.29 is 9.84 Å². The molecule has 0 radical (unpaired) electrons. The fraction of sp³-hybridized carbons (Fsp3) is 0.750. The van der Waals surface area contributed by atoms with E-state index in [1.54, 1.807) is 0 Å². The van der Waals surface area contributed by atoms with Gasteiger partial charge in [0.2, 0.25) is 0 Å². The van der Waals surface area contributed by atoms with E-state index < -0.39 is 6.10 Å². The first-order chi connectivity index (χ1) is 4.81. The van der Waals surface area contributed by atoms with E-state index in [0.29, 0.717) is 26.1 Å². The third-order valence-corrected chi connectivity index (χ3v) is 1.14. The van der Waals surface area contributed by atoms with E-state index in [1.165, 1.54) is 0 Å². The molecule has 1 unspecified atom stereocenters. The van der Waals surface area contributed by atoms with E-state index in [1.807, 2.05) is 6.92 Å². The Bertz CT molecular complexity index is 104. The third kappa shape index (κ3) is 5.61. The molecule has 0 saturated carbocycles. The monoisotopic (exact) mass is 142 g/mol. The lowest BCUT2D eigenvalue weighted by Gasteiger charge is -2.07. The lowest BCUT2D eigenvalue weighted by molar-refractivity contribution is 0.0390. The maximum atomic E-state index is 9.09. The van der Waals surface area contributed by atoms with Crippen molar-refractivity contribution in [2.24, 2.45) is 0 Å². The average Bonchev–Trinajstić information content (AvgIpc) is 1.97. The molecule has 0 amide bonds. The number of ether oxygens (including phenoxy) is 1. The summed E-state index contributed by atoms with van der Waals surface area (Å²) in [5.41, 5.74) is 0. The number of hydrogen-bond acceptors (Lipinski definition) is 2. The Morgan fingerprint density at radius 3 is 2.90 bits per heavy atom. The predicted molar refractivity (Wildman–Crippen MR) is 40.6 cm³/mol. The van der Waals surface area contributed by atoms with Gasteiger partial charge in [0.25, 0.3) is 0 Å². The maximum Gasteiger partial charge on any atom is 0.0782 e. The molecule has 1 atom stereocenters. The lowest BCUT2D eigenvalue weighted by atomic mass is 10.2. The van der Waals surface area contributed by atoms with Gasteiger partial charge in [-0.15, -0.1) is 12.3 Å². The van der Waals surface area contributed by atoms with Crippen LogP contribution >= 0.6 is 0 Å². The molecule has 0 spiro atoms. The molecule has 0 aliphatic heterocycles. The van der Waals surface area contributed by atoms with Crippen molar-refractivity contribution in [3.05, 3.63) is 0 Å². The highest BCUT2D eigenvalue weighted by molar-refractivity contribution is 4.84. The second kappa shape index (κ2) is 6.60. The summed E-state index contributed by atoms with van der Waals surface area (Å²) in [4.78, 5) is 0. The van der Waals surface area contributed by atoms with Crippen LogP contribution in [0.3, 0.4) is 0 Å². The fourth-order valence-corrected chi connectivity index (χ4v) is 0.587. The molecule has 10 heavy (non-hydrogen) atoms. The van der Waals surface area contributed by atoms with Crippen molar-refractivity contribution in [2.75, 3.05) is 13.2 Å². The van der Waals surface area contributed by atoms with Crippen molar-refractivity contribution in [3.63, 3.8) is 0 Å². The Balaban J connectivity index is 3.10. The van der Waals surface area contributed by atoms with Gasteiger partial charge in [-0.05, 0) is 13.3 Å². The molecule has 2 heteroatoms. The van der Waals surface area contributed by atoms with Crippen LogP contribution in [-0.4, -0.2) is 24.4 Å². The Morgan fingerprint density at radius 1 is 1.70 bits per heavy atom. The molecule has 0 rings (SSSR count). The Morgan fingerprint density at radius 2 is 2.40 bits per heavy atom. The van der Waals surface area contributed by atoms with Gasteiger partial charge in [-0.2, -0.15) is 0 Å². The number of aliphatic hydroxyl groups is 1. The van der Waals surface area contributed by atoms with Crippen LogP contribution < -0.4 is 0 Å². The fourth-order valence-electron chi connectivity index (χ4n) is 0.587. The zero-order valence-corrected chi connectivity index (χ0v) is 6.34. The summed E-state index contributed by atoms with van der Waals surface area (Å²) in [5.74, 6) is 2.46. The smallest absolute Gasteiger partial charge is 0.0782 e. The molecule has 0 aromatic heterocycles. The van der Waals surface area contributed by atoms with Crippen LogP contribution in [0.25, 0.3) is 0 Å². The van der Waals surface area contributed by atoms with Gasteiger partial charge < -0.3 is 9.84 Å². The summed E-state index contributed by atoms with van der Waals surface area (Å²) in [6.45, 7) is 2.94. The highest BCUT2D eigenvalue weighted by Crippen LogP contribution is 1.95. The summed E-state index contributed by atoms with van der Waals surface area (Å²) in [7, 11) is 0. The predicted octanol–water partition coefficient (Wildman–Crippen LogP) is 0.797. The molecule has 0 fully saturated rings. The first-order valence-electron chi connectivity index (χ1n) is 3.50. The first-order valence-corrected chi connectivity index (χ1v) is 3.50.